The van der Waals surface area contributed by atoms with Gasteiger partial charge in [0.1, 0.15) is 6.10 Å². The molecule has 0 aromatic heterocycles. The summed E-state index contributed by atoms with van der Waals surface area (Å²) in [7, 11) is 0. The van der Waals surface area contributed by atoms with Gasteiger partial charge in [0.15, 0.2) is 0 Å². The van der Waals surface area contributed by atoms with Gasteiger partial charge in [-0.2, -0.15) is 0 Å². The van der Waals surface area contributed by atoms with Gasteiger partial charge in [0.05, 0.1) is 0 Å². The summed E-state index contributed by atoms with van der Waals surface area (Å²) in [5.74, 6) is -0.771. The van der Waals surface area contributed by atoms with Crippen molar-refractivity contribution in [3.05, 3.63) is 0 Å². The Labute approximate surface area is 60.2 Å². The van der Waals surface area contributed by atoms with Gasteiger partial charge in [-0.3, -0.25) is 4.79 Å². The van der Waals surface area contributed by atoms with Crippen molar-refractivity contribution in [2.75, 3.05) is 0 Å². The molecule has 0 aliphatic carbocycles. The average molecular weight is 146 g/mol. The number of carbonyl (C=O) groups excluding carboxylic acids is 1. The van der Waals surface area contributed by atoms with Gasteiger partial charge in [-0.15, -0.1) is 0 Å². The lowest BCUT2D eigenvalue weighted by Crippen LogP contribution is -2.53. The molecule has 0 radical (unpaired) electrons. The van der Waals surface area contributed by atoms with Crippen LogP contribution < -0.4 is 11.5 Å². The Balaban J connectivity index is 4.17. The van der Waals surface area contributed by atoms with E-state index in [0.717, 1.165) is 0 Å². The summed E-state index contributed by atoms with van der Waals surface area (Å²) < 4.78 is 0. The van der Waals surface area contributed by atoms with Crippen molar-refractivity contribution in [1.29, 1.82) is 0 Å². The molecule has 0 fully saturated rings. The molecule has 0 rings (SSSR count). The van der Waals surface area contributed by atoms with Crippen LogP contribution in [0.2, 0.25) is 0 Å². The number of aliphatic hydroxyl groups excluding tert-OH is 1. The van der Waals surface area contributed by atoms with E-state index < -0.39 is 17.6 Å². The highest BCUT2D eigenvalue weighted by Crippen LogP contribution is 2.09. The predicted octanol–water partition coefficient (Wildman–Crippen LogP) is -1.04. The van der Waals surface area contributed by atoms with E-state index in [4.69, 9.17) is 16.6 Å². The zero-order chi connectivity index (χ0) is 8.36. The molecule has 2 atom stereocenters. The molecule has 5 N–H and O–H groups in total. The van der Waals surface area contributed by atoms with Gasteiger partial charge in [-0.05, 0) is 13.3 Å². The molecule has 0 saturated heterocycles. The number of aliphatic hydroxyl groups is 1. The maximum atomic E-state index is 10.4. The Morgan fingerprint density at radius 2 is 2.20 bits per heavy atom. The first kappa shape index (κ1) is 9.39. The third kappa shape index (κ3) is 1.97. The van der Waals surface area contributed by atoms with Crippen LogP contribution in [0.15, 0.2) is 0 Å². The van der Waals surface area contributed by atoms with Crippen molar-refractivity contribution in [2.45, 2.75) is 31.9 Å². The van der Waals surface area contributed by atoms with Crippen molar-refractivity contribution in [3.63, 3.8) is 0 Å². The molecular weight excluding hydrogens is 132 g/mol. The Morgan fingerprint density at radius 1 is 1.80 bits per heavy atom. The number of rotatable bonds is 3. The highest BCUT2D eigenvalue weighted by Gasteiger charge is 2.30. The van der Waals surface area contributed by atoms with Gasteiger partial charge in [0.2, 0.25) is 5.91 Å². The van der Waals surface area contributed by atoms with E-state index in [9.17, 15) is 4.79 Å². The number of carbonyl (C=O) groups is 1. The minimum absolute atomic E-state index is 0.511. The van der Waals surface area contributed by atoms with E-state index in [1.807, 2.05) is 0 Å². The first-order chi connectivity index (χ1) is 4.41. The lowest BCUT2D eigenvalue weighted by atomic mass is 9.93. The van der Waals surface area contributed by atoms with E-state index in [1.165, 1.54) is 0 Å². The Hall–Kier alpha value is -0.610. The number of hydrogen-bond acceptors (Lipinski definition) is 3. The normalized spacial score (nSPS) is 19.6. The fraction of sp³-hybridized carbons (Fsp3) is 0.833. The van der Waals surface area contributed by atoms with Crippen LogP contribution >= 0.6 is 0 Å². The Morgan fingerprint density at radius 3 is 2.30 bits per heavy atom. The molecule has 0 heterocycles. The molecule has 0 aromatic carbocycles. The van der Waals surface area contributed by atoms with Crippen LogP contribution in [0.5, 0.6) is 0 Å². The molecule has 4 nitrogen and oxygen atoms in total. The predicted molar refractivity (Wildman–Crippen MR) is 38.1 cm³/mol. The van der Waals surface area contributed by atoms with Crippen LogP contribution in [0, 0.1) is 0 Å². The molecule has 0 aliphatic heterocycles. The highest BCUT2D eigenvalue weighted by molar-refractivity contribution is 5.80. The minimum Gasteiger partial charge on any atom is -0.381 e. The maximum Gasteiger partial charge on any atom is 0.248 e. The van der Waals surface area contributed by atoms with Gasteiger partial charge >= 0.3 is 0 Å². The van der Waals surface area contributed by atoms with E-state index in [0.29, 0.717) is 6.42 Å². The summed E-state index contributed by atoms with van der Waals surface area (Å²) >= 11 is 0. The SMILES string of the molecule is CCC(C)(N)C(O)C(N)=O. The van der Waals surface area contributed by atoms with Crippen molar-refractivity contribution in [1.82, 2.24) is 0 Å². The third-order valence-electron chi connectivity index (χ3n) is 1.66. The topological polar surface area (TPSA) is 89.3 Å². The molecular formula is C6H14N2O2. The molecule has 10 heavy (non-hydrogen) atoms. The van der Waals surface area contributed by atoms with Crippen molar-refractivity contribution >= 4 is 5.91 Å². The zero-order valence-electron chi connectivity index (χ0n) is 6.29. The molecule has 0 bridgehead atoms. The Bertz CT molecular complexity index is 134. The number of amides is 1. The maximum absolute atomic E-state index is 10.4. The summed E-state index contributed by atoms with van der Waals surface area (Å²) in [6.45, 7) is 3.37. The first-order valence-corrected chi connectivity index (χ1v) is 3.18. The standard InChI is InChI=1S/C6H14N2O2/c1-3-6(2,8)4(9)5(7)10/h4,9H,3,8H2,1-2H3,(H2,7,10). The van der Waals surface area contributed by atoms with Crippen molar-refractivity contribution in [2.24, 2.45) is 11.5 Å². The fourth-order valence-corrected chi connectivity index (χ4v) is 0.518. The zero-order valence-corrected chi connectivity index (χ0v) is 6.29. The molecule has 0 aliphatic rings. The second-order valence-electron chi connectivity index (χ2n) is 2.66. The minimum atomic E-state index is -1.25. The molecule has 4 heteroatoms. The second kappa shape index (κ2) is 2.98. The van der Waals surface area contributed by atoms with Crippen LogP contribution in [0.3, 0.4) is 0 Å². The van der Waals surface area contributed by atoms with Crippen molar-refractivity contribution < 1.29 is 9.90 Å². The summed E-state index contributed by atoms with van der Waals surface area (Å²) in [4.78, 5) is 10.4. The fourth-order valence-electron chi connectivity index (χ4n) is 0.518. The van der Waals surface area contributed by atoms with Crippen LogP contribution in [0.1, 0.15) is 20.3 Å². The summed E-state index contributed by atoms with van der Waals surface area (Å²) in [6, 6.07) is 0. The largest absolute Gasteiger partial charge is 0.381 e. The number of hydrogen-bond donors (Lipinski definition) is 3. The molecule has 2 unspecified atom stereocenters. The van der Waals surface area contributed by atoms with E-state index >= 15 is 0 Å². The Kier molecular flexibility index (Phi) is 2.80. The number of primary amides is 1. The summed E-state index contributed by atoms with van der Waals surface area (Å²) in [5, 5.41) is 9.05. The molecule has 60 valence electrons. The molecule has 0 saturated carbocycles. The summed E-state index contributed by atoms with van der Waals surface area (Å²) in [6.07, 6.45) is -0.741. The van der Waals surface area contributed by atoms with Gasteiger partial charge in [0.25, 0.3) is 0 Å². The molecule has 0 spiro atoms. The molecule has 1 amide bonds. The van der Waals surface area contributed by atoms with Crippen molar-refractivity contribution in [3.8, 4) is 0 Å². The monoisotopic (exact) mass is 146 g/mol. The average Bonchev–Trinajstić information content (AvgIpc) is 1.86. The second-order valence-corrected chi connectivity index (χ2v) is 2.66. The van der Waals surface area contributed by atoms with Crippen LogP contribution in [0.25, 0.3) is 0 Å². The van der Waals surface area contributed by atoms with E-state index in [-0.39, 0.29) is 0 Å². The van der Waals surface area contributed by atoms with Gasteiger partial charge in [0, 0.05) is 5.54 Å². The van der Waals surface area contributed by atoms with E-state index in [2.05, 4.69) is 0 Å². The van der Waals surface area contributed by atoms with Gasteiger partial charge < -0.3 is 16.6 Å². The first-order valence-electron chi connectivity index (χ1n) is 3.18. The van der Waals surface area contributed by atoms with E-state index in [1.54, 1.807) is 13.8 Å². The third-order valence-corrected chi connectivity index (χ3v) is 1.66. The lowest BCUT2D eigenvalue weighted by molar-refractivity contribution is -0.129. The van der Waals surface area contributed by atoms with Crippen LogP contribution in [0.4, 0.5) is 0 Å². The highest BCUT2D eigenvalue weighted by atomic mass is 16.3. The molecule has 0 aromatic rings. The van der Waals surface area contributed by atoms with Crippen LogP contribution in [-0.4, -0.2) is 22.7 Å². The summed E-state index contributed by atoms with van der Waals surface area (Å²) in [5.41, 5.74) is 9.44. The lowest BCUT2D eigenvalue weighted by Gasteiger charge is -2.26. The quantitative estimate of drug-likeness (QED) is 0.475. The number of nitrogens with two attached hydrogens (primary N) is 2. The van der Waals surface area contributed by atoms with Gasteiger partial charge in [-0.1, -0.05) is 6.92 Å². The van der Waals surface area contributed by atoms with Gasteiger partial charge in [-0.25, -0.2) is 0 Å². The van der Waals surface area contributed by atoms with Crippen LogP contribution in [-0.2, 0) is 4.79 Å². The smallest absolute Gasteiger partial charge is 0.248 e.